The topological polar surface area (TPSA) is 69.7 Å². The maximum atomic E-state index is 13.4. The molecule has 1 aliphatic heterocycles. The van der Waals surface area contributed by atoms with Crippen molar-refractivity contribution in [3.63, 3.8) is 0 Å². The molecule has 27 heavy (non-hydrogen) atoms. The smallest absolute Gasteiger partial charge is 0.325 e. The molecule has 1 spiro atoms. The Balaban J connectivity index is 1.67. The number of nitrogens with zero attached hydrogens (tertiary/aromatic N) is 2. The third-order valence-corrected chi connectivity index (χ3v) is 5.66. The maximum absolute atomic E-state index is 13.4. The molecule has 2 fully saturated rings. The fourth-order valence-corrected chi connectivity index (χ4v) is 3.88. The standard InChI is InChI=1S/C20H26FN3O3/c1-3-23(12-15-5-4-6-16(21)11-15)17(25)13-24-18(26)20(22-19(24)27)9-7-14(2)8-10-20/h4-6,11,14H,3,7-10,12-13H2,1-2H3,(H,22,27). The lowest BCUT2D eigenvalue weighted by Crippen LogP contribution is -2.50. The number of likely N-dealkylation sites (N-methyl/N-ethyl adjacent to an activating group) is 1. The van der Waals surface area contributed by atoms with E-state index in [0.717, 1.165) is 17.7 Å². The molecule has 0 radical (unpaired) electrons. The van der Waals surface area contributed by atoms with E-state index in [1.165, 1.54) is 17.0 Å². The van der Waals surface area contributed by atoms with E-state index in [2.05, 4.69) is 12.2 Å². The second-order valence-electron chi connectivity index (χ2n) is 7.62. The fraction of sp³-hybridized carbons (Fsp3) is 0.550. The van der Waals surface area contributed by atoms with E-state index in [-0.39, 0.29) is 30.7 Å². The number of carbonyl (C=O) groups is 3. The van der Waals surface area contributed by atoms with E-state index < -0.39 is 11.6 Å². The third-order valence-electron chi connectivity index (χ3n) is 5.66. The minimum atomic E-state index is -0.844. The predicted octanol–water partition coefficient (Wildman–Crippen LogP) is 2.67. The second kappa shape index (κ2) is 7.66. The van der Waals surface area contributed by atoms with Gasteiger partial charge < -0.3 is 10.2 Å². The van der Waals surface area contributed by atoms with Gasteiger partial charge in [-0.2, -0.15) is 0 Å². The first-order valence-electron chi connectivity index (χ1n) is 9.51. The molecular formula is C20H26FN3O3. The van der Waals surface area contributed by atoms with Gasteiger partial charge in [0.15, 0.2) is 0 Å². The van der Waals surface area contributed by atoms with Crippen LogP contribution in [0, 0.1) is 11.7 Å². The van der Waals surface area contributed by atoms with Crippen LogP contribution in [0.1, 0.15) is 45.1 Å². The molecule has 7 heteroatoms. The number of hydrogen-bond donors (Lipinski definition) is 1. The zero-order valence-corrected chi connectivity index (χ0v) is 15.8. The largest absolute Gasteiger partial charge is 0.337 e. The van der Waals surface area contributed by atoms with Crippen molar-refractivity contribution in [1.29, 1.82) is 0 Å². The summed E-state index contributed by atoms with van der Waals surface area (Å²) in [6, 6.07) is 5.56. The number of imide groups is 1. The SMILES string of the molecule is CCN(Cc1cccc(F)c1)C(=O)CN1C(=O)NC2(CCC(C)CC2)C1=O. The van der Waals surface area contributed by atoms with E-state index in [9.17, 15) is 18.8 Å². The summed E-state index contributed by atoms with van der Waals surface area (Å²) in [4.78, 5) is 40.5. The minimum Gasteiger partial charge on any atom is -0.337 e. The van der Waals surface area contributed by atoms with E-state index in [4.69, 9.17) is 0 Å². The number of carbonyl (C=O) groups excluding carboxylic acids is 3. The van der Waals surface area contributed by atoms with Gasteiger partial charge in [-0.25, -0.2) is 9.18 Å². The fourth-order valence-electron chi connectivity index (χ4n) is 3.88. The van der Waals surface area contributed by atoms with Crippen LogP contribution in [0.25, 0.3) is 0 Å². The van der Waals surface area contributed by atoms with Crippen LogP contribution >= 0.6 is 0 Å². The second-order valence-corrected chi connectivity index (χ2v) is 7.62. The zero-order valence-electron chi connectivity index (χ0n) is 15.8. The van der Waals surface area contributed by atoms with Crippen molar-refractivity contribution in [2.45, 2.75) is 51.6 Å². The summed E-state index contributed by atoms with van der Waals surface area (Å²) in [6.45, 7) is 4.31. The van der Waals surface area contributed by atoms with Crippen LogP contribution in [0.5, 0.6) is 0 Å². The zero-order chi connectivity index (χ0) is 19.6. The third kappa shape index (κ3) is 3.96. The lowest BCUT2D eigenvalue weighted by Gasteiger charge is -2.33. The molecule has 1 saturated heterocycles. The molecule has 6 nitrogen and oxygen atoms in total. The van der Waals surface area contributed by atoms with Crippen LogP contribution in [-0.4, -0.2) is 46.3 Å². The quantitative estimate of drug-likeness (QED) is 0.805. The molecule has 0 atom stereocenters. The highest BCUT2D eigenvalue weighted by Gasteiger charge is 2.52. The highest BCUT2D eigenvalue weighted by atomic mass is 19.1. The molecular weight excluding hydrogens is 349 g/mol. The Morgan fingerprint density at radius 2 is 2.04 bits per heavy atom. The van der Waals surface area contributed by atoms with Crippen LogP contribution in [0.15, 0.2) is 24.3 Å². The highest BCUT2D eigenvalue weighted by molar-refractivity contribution is 6.09. The summed E-state index contributed by atoms with van der Waals surface area (Å²) < 4.78 is 13.4. The Morgan fingerprint density at radius 1 is 1.33 bits per heavy atom. The van der Waals surface area contributed by atoms with E-state index in [0.29, 0.717) is 30.9 Å². The molecule has 0 unspecified atom stereocenters. The van der Waals surface area contributed by atoms with Crippen LogP contribution in [0.4, 0.5) is 9.18 Å². The van der Waals surface area contributed by atoms with Gasteiger partial charge in [0.05, 0.1) is 0 Å². The molecule has 4 amide bonds. The van der Waals surface area contributed by atoms with Crippen molar-refractivity contribution in [3.8, 4) is 0 Å². The number of amides is 4. The Kier molecular flexibility index (Phi) is 5.48. The molecule has 146 valence electrons. The molecule has 1 N–H and O–H groups in total. The van der Waals surface area contributed by atoms with Crippen molar-refractivity contribution in [3.05, 3.63) is 35.6 Å². The van der Waals surface area contributed by atoms with E-state index in [1.807, 2.05) is 6.92 Å². The summed E-state index contributed by atoms with van der Waals surface area (Å²) in [5.74, 6) is -0.447. The summed E-state index contributed by atoms with van der Waals surface area (Å²) in [5.41, 5.74) is -0.177. The molecule has 1 saturated carbocycles. The van der Waals surface area contributed by atoms with E-state index in [1.54, 1.807) is 12.1 Å². The van der Waals surface area contributed by atoms with Crippen molar-refractivity contribution in [1.82, 2.24) is 15.1 Å². The molecule has 1 heterocycles. The van der Waals surface area contributed by atoms with E-state index >= 15 is 0 Å². The van der Waals surface area contributed by atoms with Gasteiger partial charge in [-0.3, -0.25) is 14.5 Å². The first-order valence-corrected chi connectivity index (χ1v) is 9.51. The lowest BCUT2D eigenvalue weighted by molar-refractivity contribution is -0.139. The van der Waals surface area contributed by atoms with Crippen molar-refractivity contribution in [2.24, 2.45) is 5.92 Å². The molecule has 1 aromatic carbocycles. The van der Waals surface area contributed by atoms with Gasteiger partial charge >= 0.3 is 6.03 Å². The molecule has 0 bridgehead atoms. The number of halogens is 1. The Bertz CT molecular complexity index is 744. The summed E-state index contributed by atoms with van der Waals surface area (Å²) in [7, 11) is 0. The van der Waals surface area contributed by atoms with Crippen molar-refractivity contribution < 1.29 is 18.8 Å². The highest BCUT2D eigenvalue weighted by Crippen LogP contribution is 2.36. The molecule has 1 aliphatic carbocycles. The molecule has 0 aromatic heterocycles. The monoisotopic (exact) mass is 375 g/mol. The summed E-state index contributed by atoms with van der Waals surface area (Å²) in [5, 5.41) is 2.83. The van der Waals surface area contributed by atoms with Crippen molar-refractivity contribution in [2.75, 3.05) is 13.1 Å². The van der Waals surface area contributed by atoms with Gasteiger partial charge in [-0.1, -0.05) is 19.1 Å². The Labute approximate surface area is 158 Å². The molecule has 3 rings (SSSR count). The normalized spacial score (nSPS) is 25.0. The number of benzene rings is 1. The average Bonchev–Trinajstić information content (AvgIpc) is 2.86. The molecule has 2 aliphatic rings. The van der Waals surface area contributed by atoms with Gasteiger partial charge in [0, 0.05) is 13.1 Å². The van der Waals surface area contributed by atoms with Crippen LogP contribution in [0.3, 0.4) is 0 Å². The summed E-state index contributed by atoms with van der Waals surface area (Å²) in [6.07, 6.45) is 3.00. The molecule has 1 aromatic rings. The van der Waals surface area contributed by atoms with Gasteiger partial charge in [0.25, 0.3) is 5.91 Å². The van der Waals surface area contributed by atoms with Crippen molar-refractivity contribution >= 4 is 17.8 Å². The first-order chi connectivity index (χ1) is 12.8. The van der Waals surface area contributed by atoms with Crippen LogP contribution < -0.4 is 5.32 Å². The van der Waals surface area contributed by atoms with Crippen LogP contribution in [-0.2, 0) is 16.1 Å². The predicted molar refractivity (Wildman–Crippen MR) is 98.1 cm³/mol. The Hall–Kier alpha value is -2.44. The van der Waals surface area contributed by atoms with Gasteiger partial charge in [0.1, 0.15) is 17.9 Å². The van der Waals surface area contributed by atoms with Crippen LogP contribution in [0.2, 0.25) is 0 Å². The number of urea groups is 1. The number of hydrogen-bond acceptors (Lipinski definition) is 3. The first kappa shape index (κ1) is 19.3. The Morgan fingerprint density at radius 3 is 2.67 bits per heavy atom. The number of rotatable bonds is 5. The minimum absolute atomic E-state index is 0.236. The van der Waals surface area contributed by atoms with Gasteiger partial charge in [-0.15, -0.1) is 0 Å². The summed E-state index contributed by atoms with van der Waals surface area (Å²) >= 11 is 0. The number of nitrogens with one attached hydrogen (secondary N) is 1. The maximum Gasteiger partial charge on any atom is 0.325 e. The van der Waals surface area contributed by atoms with Gasteiger partial charge in [-0.05, 0) is 56.2 Å². The van der Waals surface area contributed by atoms with Gasteiger partial charge in [0.2, 0.25) is 5.91 Å². The lowest BCUT2D eigenvalue weighted by atomic mass is 9.77. The average molecular weight is 375 g/mol.